The lowest BCUT2D eigenvalue weighted by Crippen LogP contribution is -2.20. The topological polar surface area (TPSA) is 46.2 Å². The molecule has 81 valence electrons. The fourth-order valence-corrected chi connectivity index (χ4v) is 1.13. The van der Waals surface area contributed by atoms with E-state index in [1.165, 1.54) is 6.08 Å². The molecule has 0 aliphatic carbocycles. The molecule has 0 aliphatic rings. The quantitative estimate of drug-likeness (QED) is 0.777. The van der Waals surface area contributed by atoms with Crippen LogP contribution in [0.3, 0.4) is 0 Å². The van der Waals surface area contributed by atoms with Crippen LogP contribution in [0.1, 0.15) is 12.5 Å². The summed E-state index contributed by atoms with van der Waals surface area (Å²) < 4.78 is 0. The van der Waals surface area contributed by atoms with Gasteiger partial charge in [-0.25, -0.2) is 0 Å². The third-order valence-electron chi connectivity index (χ3n) is 1.80. The summed E-state index contributed by atoms with van der Waals surface area (Å²) in [5, 5.41) is 2.43. The number of carbonyl (C=O) groups is 1. The summed E-state index contributed by atoms with van der Waals surface area (Å²) in [6.45, 7) is 1.73. The molecule has 0 fully saturated rings. The maximum Gasteiger partial charge on any atom is 0.251 e. The Morgan fingerprint density at radius 2 is 2.00 bits per heavy atom. The van der Waals surface area contributed by atoms with Crippen molar-refractivity contribution in [3.05, 3.63) is 53.7 Å². The highest BCUT2D eigenvalue weighted by Crippen LogP contribution is 2.03. The molecule has 0 spiro atoms. The number of nitrogens with one attached hydrogen (secondary N) is 1. The van der Waals surface area contributed by atoms with Crippen LogP contribution in [0.15, 0.2) is 48.2 Å². The van der Waals surface area contributed by atoms with Crippen LogP contribution < -0.4 is 5.32 Å². The third-order valence-corrected chi connectivity index (χ3v) is 1.80. The molecule has 0 unspecified atom stereocenters. The van der Waals surface area contributed by atoms with Gasteiger partial charge in [-0.2, -0.15) is 0 Å². The van der Waals surface area contributed by atoms with Gasteiger partial charge in [0.25, 0.3) is 6.29 Å². The second-order valence-electron chi connectivity index (χ2n) is 3.06. The Kier molecular flexibility index (Phi) is 4.73. The van der Waals surface area contributed by atoms with E-state index in [1.54, 1.807) is 25.4 Å². The number of allylic oxidation sites excluding steroid dienone is 2. The summed E-state index contributed by atoms with van der Waals surface area (Å²) in [7, 11) is 0. The van der Waals surface area contributed by atoms with E-state index in [0.29, 0.717) is 0 Å². The number of amides is 1. The first-order valence-electron chi connectivity index (χ1n) is 4.85. The van der Waals surface area contributed by atoms with E-state index >= 15 is 0 Å². The van der Waals surface area contributed by atoms with Crippen molar-refractivity contribution in [1.29, 1.82) is 0 Å². The van der Waals surface area contributed by atoms with E-state index in [0.717, 1.165) is 5.56 Å². The third kappa shape index (κ3) is 3.92. The standard InChI is InChI=1S/C13H12NO2/c1-2-6-13(16)14-12(10-15)9-11-7-4-3-5-8-11/h2-9H,1H3,(H,14,16)/b6-2+,12-9?. The van der Waals surface area contributed by atoms with Crippen LogP contribution in [0.2, 0.25) is 0 Å². The Balaban J connectivity index is 2.79. The zero-order valence-corrected chi connectivity index (χ0v) is 8.94. The Hall–Kier alpha value is -2.16. The van der Waals surface area contributed by atoms with Crippen LogP contribution in [0, 0.1) is 0 Å². The molecule has 0 aromatic heterocycles. The first-order chi connectivity index (χ1) is 7.76. The van der Waals surface area contributed by atoms with Crippen molar-refractivity contribution >= 4 is 18.3 Å². The molecule has 0 heterocycles. The first kappa shape index (κ1) is 11.9. The molecule has 16 heavy (non-hydrogen) atoms. The van der Waals surface area contributed by atoms with E-state index < -0.39 is 0 Å². The van der Waals surface area contributed by atoms with Gasteiger partial charge in [0.1, 0.15) is 0 Å². The van der Waals surface area contributed by atoms with Crippen molar-refractivity contribution in [1.82, 2.24) is 5.32 Å². The van der Waals surface area contributed by atoms with Gasteiger partial charge in [0.2, 0.25) is 5.91 Å². The number of rotatable bonds is 4. The molecular formula is C13H12NO2. The molecule has 1 N–H and O–H groups in total. The van der Waals surface area contributed by atoms with Gasteiger partial charge in [0.15, 0.2) is 0 Å². The largest absolute Gasteiger partial charge is 0.319 e. The maximum atomic E-state index is 11.2. The molecule has 0 aliphatic heterocycles. The van der Waals surface area contributed by atoms with Gasteiger partial charge < -0.3 is 5.32 Å². The van der Waals surface area contributed by atoms with Crippen LogP contribution in [0.5, 0.6) is 0 Å². The molecule has 0 bridgehead atoms. The molecule has 1 radical (unpaired) electrons. The minimum absolute atomic E-state index is 0.120. The van der Waals surface area contributed by atoms with Crippen molar-refractivity contribution in [2.75, 3.05) is 0 Å². The van der Waals surface area contributed by atoms with Gasteiger partial charge in [-0.1, -0.05) is 36.4 Å². The zero-order valence-electron chi connectivity index (χ0n) is 8.94. The number of benzene rings is 1. The van der Waals surface area contributed by atoms with Crippen molar-refractivity contribution in [3.8, 4) is 0 Å². The lowest BCUT2D eigenvalue weighted by atomic mass is 10.2. The summed E-state index contributed by atoms with van der Waals surface area (Å²) in [5.74, 6) is -0.340. The van der Waals surface area contributed by atoms with Crippen molar-refractivity contribution in [2.45, 2.75) is 6.92 Å². The highest BCUT2D eigenvalue weighted by molar-refractivity contribution is 5.95. The Morgan fingerprint density at radius 1 is 1.31 bits per heavy atom. The van der Waals surface area contributed by atoms with Gasteiger partial charge in [-0.05, 0) is 24.6 Å². The fraction of sp³-hybridized carbons (Fsp3) is 0.0769. The minimum atomic E-state index is -0.340. The zero-order chi connectivity index (χ0) is 11.8. The van der Waals surface area contributed by atoms with E-state index in [-0.39, 0.29) is 11.6 Å². The highest BCUT2D eigenvalue weighted by atomic mass is 16.2. The molecular weight excluding hydrogens is 202 g/mol. The summed E-state index contributed by atoms with van der Waals surface area (Å²) in [6.07, 6.45) is 6.19. The highest BCUT2D eigenvalue weighted by Gasteiger charge is 2.00. The van der Waals surface area contributed by atoms with Crippen LogP contribution in [0.4, 0.5) is 0 Å². The molecule has 3 nitrogen and oxygen atoms in total. The van der Waals surface area contributed by atoms with Crippen LogP contribution in [-0.2, 0) is 9.59 Å². The van der Waals surface area contributed by atoms with Crippen molar-refractivity contribution in [3.63, 3.8) is 0 Å². The summed E-state index contributed by atoms with van der Waals surface area (Å²) in [5.41, 5.74) is 0.955. The monoisotopic (exact) mass is 214 g/mol. The van der Waals surface area contributed by atoms with Crippen LogP contribution in [-0.4, -0.2) is 12.2 Å². The average molecular weight is 214 g/mol. The molecule has 0 atom stereocenters. The van der Waals surface area contributed by atoms with Crippen LogP contribution in [0.25, 0.3) is 6.08 Å². The first-order valence-corrected chi connectivity index (χ1v) is 4.85. The van der Waals surface area contributed by atoms with Crippen LogP contribution >= 0.6 is 0 Å². The normalized spacial score (nSPS) is 11.4. The van der Waals surface area contributed by atoms with Gasteiger partial charge in [0.05, 0.1) is 5.70 Å². The summed E-state index contributed by atoms with van der Waals surface area (Å²) in [4.78, 5) is 21.8. The van der Waals surface area contributed by atoms with E-state index in [4.69, 9.17) is 0 Å². The smallest absolute Gasteiger partial charge is 0.251 e. The number of hydrogen-bond acceptors (Lipinski definition) is 2. The van der Waals surface area contributed by atoms with E-state index in [1.807, 2.05) is 30.3 Å². The average Bonchev–Trinajstić information content (AvgIpc) is 2.30. The predicted octanol–water partition coefficient (Wildman–Crippen LogP) is 1.83. The minimum Gasteiger partial charge on any atom is -0.319 e. The van der Waals surface area contributed by atoms with E-state index in [9.17, 15) is 9.59 Å². The SMILES string of the molecule is C/C=C/C(=O)NC([C]=O)=Cc1ccccc1. The second kappa shape index (κ2) is 6.35. The van der Waals surface area contributed by atoms with E-state index in [2.05, 4.69) is 5.32 Å². The lowest BCUT2D eigenvalue weighted by Gasteiger charge is -1.99. The summed E-state index contributed by atoms with van der Waals surface area (Å²) >= 11 is 0. The molecule has 1 aromatic rings. The Morgan fingerprint density at radius 3 is 2.56 bits per heavy atom. The second-order valence-corrected chi connectivity index (χ2v) is 3.06. The summed E-state index contributed by atoms with van der Waals surface area (Å²) in [6, 6.07) is 9.24. The lowest BCUT2D eigenvalue weighted by molar-refractivity contribution is -0.115. The molecule has 1 aromatic carbocycles. The number of hydrogen-bond donors (Lipinski definition) is 1. The molecule has 1 rings (SSSR count). The van der Waals surface area contributed by atoms with Gasteiger partial charge in [-0.3, -0.25) is 9.59 Å². The van der Waals surface area contributed by atoms with Crippen molar-refractivity contribution in [2.24, 2.45) is 0 Å². The molecule has 0 saturated heterocycles. The van der Waals surface area contributed by atoms with Gasteiger partial charge in [0, 0.05) is 0 Å². The van der Waals surface area contributed by atoms with Gasteiger partial charge >= 0.3 is 0 Å². The van der Waals surface area contributed by atoms with Crippen molar-refractivity contribution < 1.29 is 9.59 Å². The molecule has 0 saturated carbocycles. The number of carbonyl (C=O) groups excluding carboxylic acids is 2. The predicted molar refractivity (Wildman–Crippen MR) is 63.1 cm³/mol. The fourth-order valence-electron chi connectivity index (χ4n) is 1.13. The maximum absolute atomic E-state index is 11.2. The molecule has 3 heteroatoms. The Labute approximate surface area is 94.5 Å². The van der Waals surface area contributed by atoms with Gasteiger partial charge in [-0.15, -0.1) is 0 Å². The molecule has 1 amide bonds. The Bertz CT molecular complexity index is 419.